The summed E-state index contributed by atoms with van der Waals surface area (Å²) in [5.41, 5.74) is 2.30. The summed E-state index contributed by atoms with van der Waals surface area (Å²) < 4.78 is 11.4. The van der Waals surface area contributed by atoms with E-state index in [9.17, 15) is 0 Å². The Balaban J connectivity index is 1.37. The van der Waals surface area contributed by atoms with Gasteiger partial charge in [-0.15, -0.1) is 0 Å². The van der Waals surface area contributed by atoms with Crippen molar-refractivity contribution in [1.29, 1.82) is 0 Å². The van der Waals surface area contributed by atoms with Crippen LogP contribution in [0.15, 0.2) is 65.2 Å². The first-order valence-electron chi connectivity index (χ1n) is 9.01. The van der Waals surface area contributed by atoms with E-state index in [1.807, 2.05) is 42.6 Å². The lowest BCUT2D eigenvalue weighted by Gasteiger charge is -2.29. The van der Waals surface area contributed by atoms with Gasteiger partial charge in [-0.2, -0.15) is 0 Å². The molecule has 1 aliphatic heterocycles. The molecule has 1 fully saturated rings. The molecule has 26 heavy (non-hydrogen) atoms. The molecule has 4 rings (SSSR count). The Labute approximate surface area is 153 Å². The summed E-state index contributed by atoms with van der Waals surface area (Å²) in [5, 5.41) is 3.47. The van der Waals surface area contributed by atoms with Crippen molar-refractivity contribution in [1.82, 2.24) is 10.3 Å². The van der Waals surface area contributed by atoms with Crippen LogP contribution in [0.3, 0.4) is 0 Å². The quantitative estimate of drug-likeness (QED) is 0.738. The Morgan fingerprint density at radius 1 is 0.923 bits per heavy atom. The maximum absolute atomic E-state index is 5.95. The number of hydrogen-bond acceptors (Lipinski definition) is 5. The third-order valence-electron chi connectivity index (χ3n) is 4.51. The van der Waals surface area contributed by atoms with Gasteiger partial charge in [0.15, 0.2) is 0 Å². The highest BCUT2D eigenvalue weighted by Gasteiger charge is 2.15. The van der Waals surface area contributed by atoms with Gasteiger partial charge in [0.2, 0.25) is 0 Å². The maximum Gasteiger partial charge on any atom is 0.134 e. The van der Waals surface area contributed by atoms with Gasteiger partial charge in [-0.1, -0.05) is 36.4 Å². The van der Waals surface area contributed by atoms with Crippen molar-refractivity contribution in [3.05, 3.63) is 72.1 Å². The summed E-state index contributed by atoms with van der Waals surface area (Å²) in [6.45, 7) is 4.74. The maximum atomic E-state index is 5.95. The standard InChI is InChI=1S/C21H23N3O2/c1-2-5-17(6-3-1)20-9-8-19(26-20)16-22-15-18-7-4-10-23-21(18)24-11-13-25-14-12-24/h1-10,22H,11-16H2. The molecule has 134 valence electrons. The van der Waals surface area contributed by atoms with Crippen LogP contribution < -0.4 is 10.2 Å². The molecule has 0 bridgehead atoms. The van der Waals surface area contributed by atoms with E-state index in [2.05, 4.69) is 33.4 Å². The van der Waals surface area contributed by atoms with Gasteiger partial charge in [0, 0.05) is 37.0 Å². The fourth-order valence-corrected chi connectivity index (χ4v) is 3.18. The molecule has 0 atom stereocenters. The van der Waals surface area contributed by atoms with E-state index >= 15 is 0 Å². The molecule has 0 radical (unpaired) electrons. The molecule has 0 unspecified atom stereocenters. The molecule has 0 amide bonds. The van der Waals surface area contributed by atoms with E-state index in [4.69, 9.17) is 9.15 Å². The number of rotatable bonds is 6. The predicted molar refractivity (Wildman–Crippen MR) is 102 cm³/mol. The number of benzene rings is 1. The Morgan fingerprint density at radius 3 is 2.62 bits per heavy atom. The molecule has 3 heterocycles. The molecule has 3 aromatic rings. The number of furan rings is 1. The van der Waals surface area contributed by atoms with Gasteiger partial charge >= 0.3 is 0 Å². The first-order valence-corrected chi connectivity index (χ1v) is 9.01. The van der Waals surface area contributed by atoms with Crippen LogP contribution in [0.2, 0.25) is 0 Å². The molecule has 1 N–H and O–H groups in total. The fraction of sp³-hybridized carbons (Fsp3) is 0.286. The van der Waals surface area contributed by atoms with Gasteiger partial charge < -0.3 is 19.4 Å². The van der Waals surface area contributed by atoms with Crippen molar-refractivity contribution in [2.75, 3.05) is 31.2 Å². The molecule has 0 aliphatic carbocycles. The van der Waals surface area contributed by atoms with E-state index in [-0.39, 0.29) is 0 Å². The molecular weight excluding hydrogens is 326 g/mol. The van der Waals surface area contributed by atoms with Crippen molar-refractivity contribution in [3.63, 3.8) is 0 Å². The predicted octanol–water partition coefficient (Wildman–Crippen LogP) is 3.47. The van der Waals surface area contributed by atoms with Crippen LogP contribution in [0.25, 0.3) is 11.3 Å². The minimum atomic E-state index is 0.685. The minimum absolute atomic E-state index is 0.685. The van der Waals surface area contributed by atoms with Crippen LogP contribution in [0, 0.1) is 0 Å². The molecule has 1 aromatic carbocycles. The molecule has 1 aliphatic rings. The zero-order valence-electron chi connectivity index (χ0n) is 14.7. The lowest BCUT2D eigenvalue weighted by atomic mass is 10.2. The van der Waals surface area contributed by atoms with Crippen LogP contribution in [-0.2, 0) is 17.8 Å². The molecule has 5 heteroatoms. The van der Waals surface area contributed by atoms with Crippen molar-refractivity contribution in [3.8, 4) is 11.3 Å². The minimum Gasteiger partial charge on any atom is -0.460 e. The molecule has 0 spiro atoms. The Bertz CT molecular complexity index is 826. The van der Waals surface area contributed by atoms with Gasteiger partial charge in [0.1, 0.15) is 17.3 Å². The summed E-state index contributed by atoms with van der Waals surface area (Å²) in [4.78, 5) is 6.87. The third-order valence-corrected chi connectivity index (χ3v) is 4.51. The van der Waals surface area contributed by atoms with E-state index in [1.165, 1.54) is 5.56 Å². The first kappa shape index (κ1) is 16.8. The Hall–Kier alpha value is -2.63. The number of pyridine rings is 1. The largest absolute Gasteiger partial charge is 0.460 e. The second-order valence-corrected chi connectivity index (χ2v) is 6.32. The number of nitrogens with one attached hydrogen (secondary N) is 1. The van der Waals surface area contributed by atoms with E-state index < -0.39 is 0 Å². The van der Waals surface area contributed by atoms with Crippen molar-refractivity contribution in [2.24, 2.45) is 0 Å². The summed E-state index contributed by atoms with van der Waals surface area (Å²) >= 11 is 0. The van der Waals surface area contributed by atoms with E-state index in [0.717, 1.165) is 55.7 Å². The summed E-state index contributed by atoms with van der Waals surface area (Å²) in [7, 11) is 0. The highest BCUT2D eigenvalue weighted by molar-refractivity contribution is 5.57. The Kier molecular flexibility index (Phi) is 5.28. The lowest BCUT2D eigenvalue weighted by molar-refractivity contribution is 0.122. The van der Waals surface area contributed by atoms with Gasteiger partial charge in [-0.25, -0.2) is 4.98 Å². The van der Waals surface area contributed by atoms with Gasteiger partial charge in [0.25, 0.3) is 0 Å². The smallest absolute Gasteiger partial charge is 0.134 e. The van der Waals surface area contributed by atoms with Crippen molar-refractivity contribution < 1.29 is 9.15 Å². The molecule has 2 aromatic heterocycles. The summed E-state index contributed by atoms with van der Waals surface area (Å²) in [5.74, 6) is 2.88. The number of nitrogens with zero attached hydrogens (tertiary/aromatic N) is 2. The summed E-state index contributed by atoms with van der Waals surface area (Å²) in [6.07, 6.45) is 1.85. The van der Waals surface area contributed by atoms with Gasteiger partial charge in [-0.05, 0) is 18.2 Å². The monoisotopic (exact) mass is 349 g/mol. The number of aromatic nitrogens is 1. The highest BCUT2D eigenvalue weighted by atomic mass is 16.5. The van der Waals surface area contributed by atoms with Crippen molar-refractivity contribution in [2.45, 2.75) is 13.1 Å². The molecular formula is C21H23N3O2. The molecule has 0 saturated carbocycles. The molecule has 1 saturated heterocycles. The van der Waals surface area contributed by atoms with Crippen LogP contribution in [0.4, 0.5) is 5.82 Å². The normalized spacial score (nSPS) is 14.5. The Morgan fingerprint density at radius 2 is 1.77 bits per heavy atom. The van der Waals surface area contributed by atoms with E-state index in [0.29, 0.717) is 6.54 Å². The lowest BCUT2D eigenvalue weighted by Crippen LogP contribution is -2.37. The average molecular weight is 349 g/mol. The average Bonchev–Trinajstić information content (AvgIpc) is 3.19. The van der Waals surface area contributed by atoms with Crippen LogP contribution in [-0.4, -0.2) is 31.3 Å². The van der Waals surface area contributed by atoms with E-state index in [1.54, 1.807) is 0 Å². The number of morpholine rings is 1. The van der Waals surface area contributed by atoms with Crippen LogP contribution >= 0.6 is 0 Å². The number of anilines is 1. The van der Waals surface area contributed by atoms with Gasteiger partial charge in [0.05, 0.1) is 19.8 Å². The third kappa shape index (κ3) is 3.95. The second-order valence-electron chi connectivity index (χ2n) is 6.32. The first-order chi connectivity index (χ1) is 12.9. The number of ether oxygens (including phenoxy) is 1. The van der Waals surface area contributed by atoms with Crippen LogP contribution in [0.5, 0.6) is 0 Å². The zero-order chi connectivity index (χ0) is 17.6. The zero-order valence-corrected chi connectivity index (χ0v) is 14.7. The SMILES string of the molecule is c1ccc(-c2ccc(CNCc3cccnc3N3CCOCC3)o2)cc1. The van der Waals surface area contributed by atoms with Crippen LogP contribution in [0.1, 0.15) is 11.3 Å². The topological polar surface area (TPSA) is 50.5 Å². The second kappa shape index (κ2) is 8.17. The highest BCUT2D eigenvalue weighted by Crippen LogP contribution is 2.22. The number of hydrogen-bond donors (Lipinski definition) is 1. The van der Waals surface area contributed by atoms with Crippen molar-refractivity contribution >= 4 is 5.82 Å². The fourth-order valence-electron chi connectivity index (χ4n) is 3.18. The summed E-state index contributed by atoms with van der Waals surface area (Å²) in [6, 6.07) is 18.3. The molecule has 5 nitrogen and oxygen atoms in total. The van der Waals surface area contributed by atoms with Gasteiger partial charge in [-0.3, -0.25) is 0 Å².